The minimum absolute atomic E-state index is 0.638. The fourth-order valence-corrected chi connectivity index (χ4v) is 1.90. The predicted octanol–water partition coefficient (Wildman–Crippen LogP) is 2.79. The molecule has 4 heteroatoms. The third-order valence-electron chi connectivity index (χ3n) is 3.10. The van der Waals surface area contributed by atoms with Crippen molar-refractivity contribution in [3.63, 3.8) is 0 Å². The summed E-state index contributed by atoms with van der Waals surface area (Å²) in [6.07, 6.45) is 6.98. The smallest absolute Gasteiger partial charge is 0.221 e. The van der Waals surface area contributed by atoms with Crippen LogP contribution in [0.3, 0.4) is 0 Å². The standard InChI is InChI=1S/C13H21N3O/c1-3-17-13-10(2)12(15-9-16-13)14-8-4-5-11-6-7-11/h9,11H,3-8H2,1-2H3,(H,14,15,16). The van der Waals surface area contributed by atoms with E-state index in [0.29, 0.717) is 12.5 Å². The Morgan fingerprint density at radius 3 is 2.94 bits per heavy atom. The first-order valence-corrected chi connectivity index (χ1v) is 6.49. The molecule has 1 aliphatic rings. The van der Waals surface area contributed by atoms with E-state index in [1.54, 1.807) is 6.33 Å². The molecule has 1 fully saturated rings. The van der Waals surface area contributed by atoms with Crippen molar-refractivity contribution < 1.29 is 4.74 Å². The summed E-state index contributed by atoms with van der Waals surface area (Å²) >= 11 is 0. The second kappa shape index (κ2) is 5.84. The molecule has 0 saturated heterocycles. The summed E-state index contributed by atoms with van der Waals surface area (Å²) in [5.41, 5.74) is 1.00. The molecule has 1 saturated carbocycles. The lowest BCUT2D eigenvalue weighted by atomic mass is 10.2. The molecule has 1 N–H and O–H groups in total. The van der Waals surface area contributed by atoms with Crippen molar-refractivity contribution in [2.24, 2.45) is 5.92 Å². The van der Waals surface area contributed by atoms with Crippen molar-refractivity contribution in [3.05, 3.63) is 11.9 Å². The van der Waals surface area contributed by atoms with Crippen LogP contribution in [-0.4, -0.2) is 23.1 Å². The van der Waals surface area contributed by atoms with Gasteiger partial charge in [0.1, 0.15) is 12.1 Å². The van der Waals surface area contributed by atoms with E-state index in [2.05, 4.69) is 15.3 Å². The maximum atomic E-state index is 5.44. The summed E-state index contributed by atoms with van der Waals surface area (Å²) in [5.74, 6) is 2.59. The van der Waals surface area contributed by atoms with Gasteiger partial charge in [-0.3, -0.25) is 0 Å². The zero-order valence-electron chi connectivity index (χ0n) is 10.7. The van der Waals surface area contributed by atoms with E-state index in [1.807, 2.05) is 13.8 Å². The van der Waals surface area contributed by atoms with E-state index in [-0.39, 0.29) is 0 Å². The Bertz CT molecular complexity index is 364. The molecular weight excluding hydrogens is 214 g/mol. The lowest BCUT2D eigenvalue weighted by Gasteiger charge is -2.11. The molecule has 94 valence electrons. The van der Waals surface area contributed by atoms with Crippen molar-refractivity contribution in [3.8, 4) is 5.88 Å². The Morgan fingerprint density at radius 2 is 2.24 bits per heavy atom. The molecule has 1 aromatic heterocycles. The molecule has 0 radical (unpaired) electrons. The normalized spacial score (nSPS) is 14.7. The van der Waals surface area contributed by atoms with Crippen LogP contribution in [0.4, 0.5) is 5.82 Å². The molecule has 4 nitrogen and oxygen atoms in total. The maximum Gasteiger partial charge on any atom is 0.221 e. The molecule has 0 amide bonds. The quantitative estimate of drug-likeness (QED) is 0.738. The van der Waals surface area contributed by atoms with Crippen LogP contribution in [0.25, 0.3) is 0 Å². The Balaban J connectivity index is 1.83. The van der Waals surface area contributed by atoms with E-state index in [0.717, 1.165) is 23.8 Å². The van der Waals surface area contributed by atoms with Gasteiger partial charge in [0.2, 0.25) is 5.88 Å². The van der Waals surface area contributed by atoms with Crippen molar-refractivity contribution in [2.75, 3.05) is 18.5 Å². The van der Waals surface area contributed by atoms with Gasteiger partial charge in [0, 0.05) is 6.54 Å². The molecule has 0 atom stereocenters. The summed E-state index contributed by atoms with van der Waals surface area (Å²) in [6, 6.07) is 0. The third kappa shape index (κ3) is 3.58. The third-order valence-corrected chi connectivity index (χ3v) is 3.10. The fraction of sp³-hybridized carbons (Fsp3) is 0.692. The van der Waals surface area contributed by atoms with Crippen LogP contribution in [0.15, 0.2) is 6.33 Å². The Kier molecular flexibility index (Phi) is 4.18. The van der Waals surface area contributed by atoms with Gasteiger partial charge < -0.3 is 10.1 Å². The maximum absolute atomic E-state index is 5.44. The van der Waals surface area contributed by atoms with Crippen LogP contribution in [-0.2, 0) is 0 Å². The van der Waals surface area contributed by atoms with Crippen molar-refractivity contribution >= 4 is 5.82 Å². The number of rotatable bonds is 7. The van der Waals surface area contributed by atoms with Gasteiger partial charge in [-0.15, -0.1) is 0 Å². The second-order valence-electron chi connectivity index (χ2n) is 4.60. The van der Waals surface area contributed by atoms with Crippen LogP contribution in [0, 0.1) is 12.8 Å². The number of anilines is 1. The molecule has 0 bridgehead atoms. The van der Waals surface area contributed by atoms with E-state index in [4.69, 9.17) is 4.74 Å². The minimum Gasteiger partial charge on any atom is -0.478 e. The van der Waals surface area contributed by atoms with E-state index in [9.17, 15) is 0 Å². The highest BCUT2D eigenvalue weighted by atomic mass is 16.5. The highest BCUT2D eigenvalue weighted by molar-refractivity contribution is 5.47. The average molecular weight is 235 g/mol. The first-order chi connectivity index (χ1) is 8.31. The van der Waals surface area contributed by atoms with Crippen LogP contribution in [0.2, 0.25) is 0 Å². The lowest BCUT2D eigenvalue weighted by molar-refractivity contribution is 0.324. The molecule has 0 aliphatic heterocycles. The number of aromatic nitrogens is 2. The van der Waals surface area contributed by atoms with E-state index in [1.165, 1.54) is 25.7 Å². The summed E-state index contributed by atoms with van der Waals surface area (Å²) in [7, 11) is 0. The van der Waals surface area contributed by atoms with Gasteiger partial charge in [-0.1, -0.05) is 12.8 Å². The molecule has 0 aromatic carbocycles. The lowest BCUT2D eigenvalue weighted by Crippen LogP contribution is -2.07. The van der Waals surface area contributed by atoms with Crippen LogP contribution in [0.1, 0.15) is 38.2 Å². The molecular formula is C13H21N3O. The van der Waals surface area contributed by atoms with Crippen molar-refractivity contribution in [1.29, 1.82) is 0 Å². The largest absolute Gasteiger partial charge is 0.478 e. The first-order valence-electron chi connectivity index (χ1n) is 6.49. The van der Waals surface area contributed by atoms with Gasteiger partial charge in [-0.2, -0.15) is 0 Å². The zero-order valence-corrected chi connectivity index (χ0v) is 10.7. The zero-order chi connectivity index (χ0) is 12.1. The number of hydrogen-bond acceptors (Lipinski definition) is 4. The van der Waals surface area contributed by atoms with Crippen molar-refractivity contribution in [2.45, 2.75) is 39.5 Å². The molecule has 0 unspecified atom stereocenters. The molecule has 2 rings (SSSR count). The minimum atomic E-state index is 0.638. The predicted molar refractivity (Wildman–Crippen MR) is 68.4 cm³/mol. The first kappa shape index (κ1) is 12.1. The molecule has 1 aromatic rings. The highest BCUT2D eigenvalue weighted by Crippen LogP contribution is 2.33. The van der Waals surface area contributed by atoms with Crippen LogP contribution >= 0.6 is 0 Å². The molecule has 1 aliphatic carbocycles. The van der Waals surface area contributed by atoms with E-state index >= 15 is 0 Å². The number of hydrogen-bond donors (Lipinski definition) is 1. The van der Waals surface area contributed by atoms with Gasteiger partial charge in [-0.25, -0.2) is 9.97 Å². The Hall–Kier alpha value is -1.32. The molecule has 17 heavy (non-hydrogen) atoms. The monoisotopic (exact) mass is 235 g/mol. The molecule has 1 heterocycles. The van der Waals surface area contributed by atoms with Gasteiger partial charge in [-0.05, 0) is 32.6 Å². The number of ether oxygens (including phenoxy) is 1. The Morgan fingerprint density at radius 1 is 1.41 bits per heavy atom. The summed E-state index contributed by atoms with van der Waals surface area (Å²) in [5, 5.41) is 3.36. The van der Waals surface area contributed by atoms with Crippen LogP contribution < -0.4 is 10.1 Å². The highest BCUT2D eigenvalue weighted by Gasteiger charge is 2.20. The van der Waals surface area contributed by atoms with Gasteiger partial charge >= 0.3 is 0 Å². The Labute approximate surface area is 103 Å². The van der Waals surface area contributed by atoms with Gasteiger partial charge in [0.05, 0.1) is 12.2 Å². The summed E-state index contributed by atoms with van der Waals surface area (Å²) in [4.78, 5) is 8.37. The van der Waals surface area contributed by atoms with Crippen LogP contribution in [0.5, 0.6) is 5.88 Å². The summed E-state index contributed by atoms with van der Waals surface area (Å²) < 4.78 is 5.44. The molecule has 0 spiro atoms. The van der Waals surface area contributed by atoms with Gasteiger partial charge in [0.15, 0.2) is 0 Å². The average Bonchev–Trinajstić information content (AvgIpc) is 3.13. The van der Waals surface area contributed by atoms with Gasteiger partial charge in [0.25, 0.3) is 0 Å². The second-order valence-corrected chi connectivity index (χ2v) is 4.60. The summed E-state index contributed by atoms with van der Waals surface area (Å²) in [6.45, 7) is 5.58. The van der Waals surface area contributed by atoms with E-state index < -0.39 is 0 Å². The fourth-order valence-electron chi connectivity index (χ4n) is 1.90. The number of nitrogens with zero attached hydrogens (tertiary/aromatic N) is 2. The number of nitrogens with one attached hydrogen (secondary N) is 1. The SMILES string of the molecule is CCOc1ncnc(NCCCC2CC2)c1C. The topological polar surface area (TPSA) is 47.0 Å². The van der Waals surface area contributed by atoms with Crippen molar-refractivity contribution in [1.82, 2.24) is 9.97 Å².